The number of ether oxygens (including phenoxy) is 1. The Morgan fingerprint density at radius 2 is 2.04 bits per heavy atom. The van der Waals surface area contributed by atoms with Crippen LogP contribution in [-0.2, 0) is 22.4 Å². The number of anilines is 1. The van der Waals surface area contributed by atoms with Crippen molar-refractivity contribution in [1.29, 1.82) is 0 Å². The van der Waals surface area contributed by atoms with Gasteiger partial charge in [-0.1, -0.05) is 15.9 Å². The minimum atomic E-state index is -0.556. The maximum atomic E-state index is 12.9. The number of carbonyl (C=O) groups is 3. The number of hydrogen-bond donors (Lipinski definition) is 1. The number of carbonyl (C=O) groups excluding carboxylic acids is 3. The summed E-state index contributed by atoms with van der Waals surface area (Å²) in [6.45, 7) is 3.69. The molecule has 0 atom stereocenters. The molecule has 2 heterocycles. The number of Topliss-reactive ketones (excluding diaryl/α,β-unsaturated/α-hetero) is 1. The molecule has 0 bridgehead atoms. The summed E-state index contributed by atoms with van der Waals surface area (Å²) in [6, 6.07) is 5.82. The first-order chi connectivity index (χ1) is 12.3. The predicted molar refractivity (Wildman–Crippen MR) is 101 cm³/mol. The lowest BCUT2D eigenvalue weighted by atomic mass is 10.1. The van der Waals surface area contributed by atoms with Crippen LogP contribution in [-0.4, -0.2) is 36.3 Å². The molecule has 3 rings (SSSR count). The van der Waals surface area contributed by atoms with Crippen molar-refractivity contribution in [1.82, 2.24) is 4.98 Å². The summed E-state index contributed by atoms with van der Waals surface area (Å²) >= 11 is 3.44. The van der Waals surface area contributed by atoms with Gasteiger partial charge in [0.15, 0.2) is 5.78 Å². The van der Waals surface area contributed by atoms with E-state index in [1.165, 1.54) is 14.0 Å². The summed E-state index contributed by atoms with van der Waals surface area (Å²) < 4.78 is 5.80. The third-order valence-electron chi connectivity index (χ3n) is 4.64. The van der Waals surface area contributed by atoms with E-state index in [1.807, 2.05) is 18.2 Å². The Kier molecular flexibility index (Phi) is 5.00. The number of aromatic nitrogens is 1. The number of nitrogens with zero attached hydrogens (tertiary/aromatic N) is 1. The molecule has 7 heteroatoms. The van der Waals surface area contributed by atoms with E-state index in [1.54, 1.807) is 11.8 Å². The first-order valence-electron chi connectivity index (χ1n) is 8.23. The van der Waals surface area contributed by atoms with Gasteiger partial charge in [-0.3, -0.25) is 9.59 Å². The van der Waals surface area contributed by atoms with Crippen LogP contribution in [0.5, 0.6) is 0 Å². The largest absolute Gasteiger partial charge is 0.465 e. The Morgan fingerprint density at radius 3 is 2.69 bits per heavy atom. The lowest BCUT2D eigenvalue weighted by molar-refractivity contribution is -0.117. The van der Waals surface area contributed by atoms with Gasteiger partial charge in [-0.2, -0.15) is 0 Å². The fraction of sp³-hybridized carbons (Fsp3) is 0.316. The predicted octanol–water partition coefficient (Wildman–Crippen LogP) is 3.21. The van der Waals surface area contributed by atoms with Crippen molar-refractivity contribution in [3.8, 4) is 0 Å². The second kappa shape index (κ2) is 7.07. The normalized spacial score (nSPS) is 12.8. The molecular formula is C19H19BrN2O4. The van der Waals surface area contributed by atoms with Crippen molar-refractivity contribution in [3.05, 3.63) is 50.8 Å². The van der Waals surface area contributed by atoms with E-state index in [2.05, 4.69) is 20.9 Å². The van der Waals surface area contributed by atoms with Crippen molar-refractivity contribution in [2.75, 3.05) is 18.6 Å². The number of aromatic amines is 1. The van der Waals surface area contributed by atoms with Crippen LogP contribution in [0.25, 0.3) is 0 Å². The minimum Gasteiger partial charge on any atom is -0.465 e. The lowest BCUT2D eigenvalue weighted by Gasteiger charge is -2.17. The van der Waals surface area contributed by atoms with Gasteiger partial charge in [0.2, 0.25) is 5.91 Å². The third kappa shape index (κ3) is 3.19. The van der Waals surface area contributed by atoms with Gasteiger partial charge >= 0.3 is 5.97 Å². The van der Waals surface area contributed by atoms with E-state index in [9.17, 15) is 14.4 Å². The zero-order chi connectivity index (χ0) is 19.0. The van der Waals surface area contributed by atoms with Crippen LogP contribution < -0.4 is 4.90 Å². The molecule has 0 aliphatic carbocycles. The number of rotatable bonds is 4. The zero-order valence-electron chi connectivity index (χ0n) is 14.8. The van der Waals surface area contributed by atoms with Crippen molar-refractivity contribution >= 4 is 39.3 Å². The van der Waals surface area contributed by atoms with Gasteiger partial charge in [-0.25, -0.2) is 4.79 Å². The number of H-pyrrole nitrogens is 1. The lowest BCUT2D eigenvalue weighted by Crippen LogP contribution is -2.31. The quantitative estimate of drug-likeness (QED) is 0.610. The number of halogens is 1. The van der Waals surface area contributed by atoms with Gasteiger partial charge in [0.25, 0.3) is 0 Å². The molecule has 0 radical (unpaired) electrons. The monoisotopic (exact) mass is 418 g/mol. The Hall–Kier alpha value is -2.41. The molecule has 1 amide bonds. The van der Waals surface area contributed by atoms with Crippen molar-refractivity contribution in [2.24, 2.45) is 0 Å². The molecule has 2 aromatic rings. The first kappa shape index (κ1) is 18.4. The number of esters is 1. The molecule has 0 spiro atoms. The van der Waals surface area contributed by atoms with E-state index in [-0.39, 0.29) is 23.7 Å². The van der Waals surface area contributed by atoms with E-state index < -0.39 is 5.97 Å². The highest BCUT2D eigenvalue weighted by atomic mass is 79.9. The maximum Gasteiger partial charge on any atom is 0.339 e. The van der Waals surface area contributed by atoms with Crippen LogP contribution in [0.4, 0.5) is 5.69 Å². The number of methoxy groups -OCH3 is 1. The highest BCUT2D eigenvalue weighted by Crippen LogP contribution is 2.31. The molecule has 1 N–H and O–H groups in total. The average Bonchev–Trinajstić information content (AvgIpc) is 3.15. The highest BCUT2D eigenvalue weighted by molar-refractivity contribution is 9.10. The molecule has 0 fully saturated rings. The van der Waals surface area contributed by atoms with Gasteiger partial charge in [0, 0.05) is 29.3 Å². The SMILES string of the molecule is COC(=O)c1c(CC(=O)N2CCc3cc(Br)ccc32)[nH]c(C(C)=O)c1C. The van der Waals surface area contributed by atoms with Gasteiger partial charge in [0.1, 0.15) is 0 Å². The summed E-state index contributed by atoms with van der Waals surface area (Å²) in [4.78, 5) is 41.5. The van der Waals surface area contributed by atoms with Crippen LogP contribution in [0, 0.1) is 6.92 Å². The fourth-order valence-corrected chi connectivity index (χ4v) is 3.81. The number of hydrogen-bond acceptors (Lipinski definition) is 4. The van der Waals surface area contributed by atoms with Crippen molar-refractivity contribution in [2.45, 2.75) is 26.7 Å². The van der Waals surface area contributed by atoms with E-state index in [0.717, 1.165) is 22.1 Å². The van der Waals surface area contributed by atoms with Crippen LogP contribution in [0.2, 0.25) is 0 Å². The molecule has 0 saturated heterocycles. The van der Waals surface area contributed by atoms with Crippen LogP contribution in [0.3, 0.4) is 0 Å². The number of amides is 1. The summed E-state index contributed by atoms with van der Waals surface area (Å²) in [5.41, 5.74) is 3.51. The third-order valence-corrected chi connectivity index (χ3v) is 5.13. The van der Waals surface area contributed by atoms with Crippen LogP contribution in [0.15, 0.2) is 22.7 Å². The molecule has 1 aromatic heterocycles. The number of ketones is 1. The summed E-state index contributed by atoms with van der Waals surface area (Å²) in [7, 11) is 1.28. The smallest absolute Gasteiger partial charge is 0.339 e. The summed E-state index contributed by atoms with van der Waals surface area (Å²) in [6.07, 6.45) is 0.779. The molecule has 1 aromatic carbocycles. The average molecular weight is 419 g/mol. The summed E-state index contributed by atoms with van der Waals surface area (Å²) in [5, 5.41) is 0. The van der Waals surface area contributed by atoms with Gasteiger partial charge < -0.3 is 14.6 Å². The van der Waals surface area contributed by atoms with Crippen LogP contribution in [0.1, 0.15) is 44.6 Å². The van der Waals surface area contributed by atoms with E-state index in [4.69, 9.17) is 4.74 Å². The second-order valence-corrected chi connectivity index (χ2v) is 7.19. The molecule has 1 aliphatic rings. The van der Waals surface area contributed by atoms with Crippen LogP contribution >= 0.6 is 15.9 Å². The standard InChI is InChI=1S/C19H19BrN2O4/c1-10-17(19(25)26-3)14(21-18(10)11(2)23)9-16(24)22-7-6-12-8-13(20)4-5-15(12)22/h4-5,8,21H,6-7,9H2,1-3H3. The highest BCUT2D eigenvalue weighted by Gasteiger charge is 2.29. The van der Waals surface area contributed by atoms with Gasteiger partial charge in [-0.15, -0.1) is 0 Å². The minimum absolute atomic E-state index is 0.00590. The zero-order valence-corrected chi connectivity index (χ0v) is 16.4. The topological polar surface area (TPSA) is 79.5 Å². The molecule has 1 aliphatic heterocycles. The second-order valence-electron chi connectivity index (χ2n) is 6.27. The Balaban J connectivity index is 1.92. The molecule has 0 unspecified atom stereocenters. The number of fused-ring (bicyclic) bond motifs is 1. The van der Waals surface area contributed by atoms with Gasteiger partial charge in [-0.05, 0) is 42.7 Å². The first-order valence-corrected chi connectivity index (χ1v) is 9.02. The van der Waals surface area contributed by atoms with Crippen molar-refractivity contribution < 1.29 is 19.1 Å². The Bertz CT molecular complexity index is 917. The van der Waals surface area contributed by atoms with E-state index >= 15 is 0 Å². The van der Waals surface area contributed by atoms with Gasteiger partial charge in [0.05, 0.1) is 24.8 Å². The molecular weight excluding hydrogens is 400 g/mol. The maximum absolute atomic E-state index is 12.9. The van der Waals surface area contributed by atoms with E-state index in [0.29, 0.717) is 23.5 Å². The number of benzene rings is 1. The molecule has 26 heavy (non-hydrogen) atoms. The molecule has 136 valence electrons. The number of nitrogens with one attached hydrogen (secondary N) is 1. The van der Waals surface area contributed by atoms with Crippen molar-refractivity contribution in [3.63, 3.8) is 0 Å². The molecule has 0 saturated carbocycles. The fourth-order valence-electron chi connectivity index (χ4n) is 3.40. The Labute approximate surface area is 159 Å². The Morgan fingerprint density at radius 1 is 1.31 bits per heavy atom. The summed E-state index contributed by atoms with van der Waals surface area (Å²) in [5.74, 6) is -0.880. The molecule has 6 nitrogen and oxygen atoms in total.